The minimum atomic E-state index is 0.0549. The smallest absolute Gasteiger partial charge is 0.0701 e. The fourth-order valence-electron chi connectivity index (χ4n) is 1.31. The predicted octanol–water partition coefficient (Wildman–Crippen LogP) is 1.53. The van der Waals surface area contributed by atoms with E-state index in [0.29, 0.717) is 46.2 Å². The molecule has 1 N–H and O–H groups in total. The van der Waals surface area contributed by atoms with Crippen molar-refractivity contribution in [1.29, 1.82) is 0 Å². The molecule has 128 valence electrons. The molecule has 0 atom stereocenters. The van der Waals surface area contributed by atoms with Crippen molar-refractivity contribution < 1.29 is 24.1 Å². The van der Waals surface area contributed by atoms with Crippen molar-refractivity contribution in [2.45, 2.75) is 6.92 Å². The zero-order valence-electron chi connectivity index (χ0n) is 13.1. The Balaban J connectivity index is 2.90. The Morgan fingerprint density at radius 1 is 0.619 bits per heavy atom. The van der Waals surface area contributed by atoms with Gasteiger partial charge in [-0.05, 0) is 5.75 Å². The molecule has 7 heteroatoms. The molecule has 0 aliphatic rings. The Hall–Kier alpha value is 0.500. The summed E-state index contributed by atoms with van der Waals surface area (Å²) >= 11 is 3.92. The van der Waals surface area contributed by atoms with Gasteiger partial charge in [-0.1, -0.05) is 6.92 Å². The molecule has 0 aliphatic heterocycles. The standard InChI is InChI=1S/C14H30O5S2/c1-2-20-13-14-21-12-11-19-10-9-18-8-7-17-6-5-16-4-3-15/h15H,2-14H2,1H3. The van der Waals surface area contributed by atoms with Crippen LogP contribution < -0.4 is 0 Å². The monoisotopic (exact) mass is 342 g/mol. The zero-order valence-corrected chi connectivity index (χ0v) is 14.7. The second-order valence-corrected chi connectivity index (χ2v) is 6.60. The van der Waals surface area contributed by atoms with Crippen LogP contribution in [0.5, 0.6) is 0 Å². The molecule has 21 heavy (non-hydrogen) atoms. The first kappa shape index (κ1) is 21.5. The van der Waals surface area contributed by atoms with Crippen LogP contribution in [0.25, 0.3) is 0 Å². The van der Waals surface area contributed by atoms with Crippen LogP contribution in [0.4, 0.5) is 0 Å². The summed E-state index contributed by atoms with van der Waals surface area (Å²) in [5.74, 6) is 4.70. The average Bonchev–Trinajstić information content (AvgIpc) is 2.50. The summed E-state index contributed by atoms with van der Waals surface area (Å²) in [6, 6.07) is 0. The fourth-order valence-corrected chi connectivity index (χ4v) is 2.98. The first-order valence-electron chi connectivity index (χ1n) is 7.49. The van der Waals surface area contributed by atoms with Crippen LogP contribution in [0.3, 0.4) is 0 Å². The van der Waals surface area contributed by atoms with Crippen molar-refractivity contribution >= 4 is 23.5 Å². The molecule has 0 heterocycles. The van der Waals surface area contributed by atoms with E-state index in [1.807, 2.05) is 23.5 Å². The summed E-state index contributed by atoms with van der Waals surface area (Å²) in [6.07, 6.45) is 0. The molecule has 0 saturated carbocycles. The molecule has 0 rings (SSSR count). The summed E-state index contributed by atoms with van der Waals surface area (Å²) in [4.78, 5) is 0. The highest BCUT2D eigenvalue weighted by Crippen LogP contribution is 2.05. The Kier molecular flexibility index (Phi) is 21.0. The van der Waals surface area contributed by atoms with Gasteiger partial charge in [0.25, 0.3) is 0 Å². The van der Waals surface area contributed by atoms with Crippen molar-refractivity contribution in [2.75, 3.05) is 82.5 Å². The van der Waals surface area contributed by atoms with Crippen LogP contribution in [0.2, 0.25) is 0 Å². The molecule has 0 aliphatic carbocycles. The Bertz CT molecular complexity index is 169. The van der Waals surface area contributed by atoms with Crippen LogP contribution in [0.15, 0.2) is 0 Å². The molecular formula is C14H30O5S2. The van der Waals surface area contributed by atoms with Crippen LogP contribution in [0.1, 0.15) is 6.92 Å². The summed E-state index contributed by atoms with van der Waals surface area (Å²) in [7, 11) is 0. The second kappa shape index (κ2) is 20.5. The van der Waals surface area contributed by atoms with Gasteiger partial charge in [-0.25, -0.2) is 0 Å². The first-order chi connectivity index (χ1) is 10.4. The lowest BCUT2D eigenvalue weighted by Crippen LogP contribution is -2.13. The van der Waals surface area contributed by atoms with Gasteiger partial charge in [0.15, 0.2) is 0 Å². The van der Waals surface area contributed by atoms with Crippen molar-refractivity contribution in [3.63, 3.8) is 0 Å². The molecular weight excluding hydrogens is 312 g/mol. The molecule has 0 fully saturated rings. The summed E-state index contributed by atoms with van der Waals surface area (Å²) in [5, 5.41) is 8.49. The summed E-state index contributed by atoms with van der Waals surface area (Å²) < 4.78 is 21.2. The van der Waals surface area contributed by atoms with Crippen molar-refractivity contribution in [3.8, 4) is 0 Å². The van der Waals surface area contributed by atoms with Gasteiger partial charge in [-0.2, -0.15) is 23.5 Å². The van der Waals surface area contributed by atoms with E-state index in [2.05, 4.69) is 6.92 Å². The third-order valence-electron chi connectivity index (χ3n) is 2.30. The Labute approximate surface area is 137 Å². The quantitative estimate of drug-likeness (QED) is 0.379. The van der Waals surface area contributed by atoms with E-state index in [4.69, 9.17) is 24.1 Å². The molecule has 0 amide bonds. The Morgan fingerprint density at radius 3 is 1.62 bits per heavy atom. The predicted molar refractivity (Wildman–Crippen MR) is 90.7 cm³/mol. The van der Waals surface area contributed by atoms with E-state index < -0.39 is 0 Å². The topological polar surface area (TPSA) is 57.2 Å². The number of aliphatic hydroxyl groups is 1. The lowest BCUT2D eigenvalue weighted by Gasteiger charge is -2.07. The first-order valence-corrected chi connectivity index (χ1v) is 9.80. The van der Waals surface area contributed by atoms with Crippen LogP contribution in [-0.2, 0) is 18.9 Å². The number of thioether (sulfide) groups is 2. The molecule has 0 saturated heterocycles. The minimum Gasteiger partial charge on any atom is -0.394 e. The Morgan fingerprint density at radius 2 is 1.10 bits per heavy atom. The summed E-state index contributed by atoms with van der Waals surface area (Å²) in [5.41, 5.74) is 0. The van der Waals surface area contributed by atoms with Crippen LogP contribution in [0, 0.1) is 0 Å². The SMILES string of the molecule is CCSCCSCCOCCOCCOCCOCCO. The lowest BCUT2D eigenvalue weighted by atomic mass is 10.7. The van der Waals surface area contributed by atoms with Crippen molar-refractivity contribution in [1.82, 2.24) is 0 Å². The van der Waals surface area contributed by atoms with E-state index >= 15 is 0 Å². The maximum absolute atomic E-state index is 8.49. The number of hydrogen-bond acceptors (Lipinski definition) is 7. The highest BCUT2D eigenvalue weighted by Gasteiger charge is 1.93. The van der Waals surface area contributed by atoms with Gasteiger partial charge in [-0.3, -0.25) is 0 Å². The maximum Gasteiger partial charge on any atom is 0.0701 e. The van der Waals surface area contributed by atoms with Gasteiger partial charge < -0.3 is 24.1 Å². The van der Waals surface area contributed by atoms with Crippen LogP contribution in [-0.4, -0.2) is 87.6 Å². The molecule has 0 spiro atoms. The molecule has 0 bridgehead atoms. The minimum absolute atomic E-state index is 0.0549. The number of rotatable bonds is 18. The normalized spacial score (nSPS) is 11.1. The van der Waals surface area contributed by atoms with E-state index in [9.17, 15) is 0 Å². The van der Waals surface area contributed by atoms with E-state index in [-0.39, 0.29) is 6.61 Å². The summed E-state index contributed by atoms with van der Waals surface area (Å²) in [6.45, 7) is 6.85. The van der Waals surface area contributed by atoms with Gasteiger partial charge >= 0.3 is 0 Å². The largest absolute Gasteiger partial charge is 0.394 e. The fraction of sp³-hybridized carbons (Fsp3) is 1.00. The number of hydrogen-bond donors (Lipinski definition) is 1. The van der Waals surface area contributed by atoms with Gasteiger partial charge in [-0.15, -0.1) is 0 Å². The molecule has 0 aromatic rings. The van der Waals surface area contributed by atoms with Crippen molar-refractivity contribution in [2.24, 2.45) is 0 Å². The third-order valence-corrected chi connectivity index (χ3v) is 4.41. The highest BCUT2D eigenvalue weighted by molar-refractivity contribution is 8.02. The molecule has 0 aromatic carbocycles. The van der Waals surface area contributed by atoms with Gasteiger partial charge in [0.1, 0.15) is 0 Å². The maximum atomic E-state index is 8.49. The number of ether oxygens (including phenoxy) is 4. The molecule has 0 aromatic heterocycles. The third kappa shape index (κ3) is 20.5. The second-order valence-electron chi connectivity index (χ2n) is 3.98. The highest BCUT2D eigenvalue weighted by atomic mass is 32.2. The van der Waals surface area contributed by atoms with Crippen LogP contribution >= 0.6 is 23.5 Å². The lowest BCUT2D eigenvalue weighted by molar-refractivity contribution is -0.00417. The van der Waals surface area contributed by atoms with E-state index in [1.165, 1.54) is 17.3 Å². The van der Waals surface area contributed by atoms with Gasteiger partial charge in [0.05, 0.1) is 59.5 Å². The van der Waals surface area contributed by atoms with Gasteiger partial charge in [0, 0.05) is 17.3 Å². The zero-order chi connectivity index (χ0) is 15.4. The van der Waals surface area contributed by atoms with E-state index in [0.717, 1.165) is 12.4 Å². The molecule has 0 unspecified atom stereocenters. The molecule has 0 radical (unpaired) electrons. The number of aliphatic hydroxyl groups excluding tert-OH is 1. The van der Waals surface area contributed by atoms with E-state index in [1.54, 1.807) is 0 Å². The molecule has 5 nitrogen and oxygen atoms in total. The average molecular weight is 343 g/mol. The van der Waals surface area contributed by atoms with Gasteiger partial charge in [0.2, 0.25) is 0 Å². The van der Waals surface area contributed by atoms with Crippen molar-refractivity contribution in [3.05, 3.63) is 0 Å².